The van der Waals surface area contributed by atoms with Gasteiger partial charge in [0.25, 0.3) is 17.6 Å². The van der Waals surface area contributed by atoms with Crippen LogP contribution in [0, 0.1) is 11.3 Å². The molecule has 0 saturated heterocycles. The lowest BCUT2D eigenvalue weighted by Crippen LogP contribution is -2.26. The van der Waals surface area contributed by atoms with E-state index in [0.29, 0.717) is 5.56 Å². The lowest BCUT2D eigenvalue weighted by Gasteiger charge is -2.00. The van der Waals surface area contributed by atoms with Gasteiger partial charge >= 0.3 is 0 Å². The van der Waals surface area contributed by atoms with Crippen LogP contribution in [0.2, 0.25) is 0 Å². The van der Waals surface area contributed by atoms with E-state index in [4.69, 9.17) is 9.78 Å². The molecule has 1 aromatic heterocycles. The van der Waals surface area contributed by atoms with Gasteiger partial charge in [0, 0.05) is 11.6 Å². The predicted molar refractivity (Wildman–Crippen MR) is 69.5 cm³/mol. The Hall–Kier alpha value is -2.68. The highest BCUT2D eigenvalue weighted by molar-refractivity contribution is 5.91. The van der Waals surface area contributed by atoms with Crippen LogP contribution in [0.15, 0.2) is 28.8 Å². The SMILES string of the molecule is N#CCc1ccccc1-c1nc(C(=O)NC2CC2)no1. The summed E-state index contributed by atoms with van der Waals surface area (Å²) in [5.41, 5.74) is 1.49. The number of nitrogens with one attached hydrogen (secondary N) is 1. The van der Waals surface area contributed by atoms with Gasteiger partial charge in [0.2, 0.25) is 0 Å². The molecule has 1 aliphatic carbocycles. The van der Waals surface area contributed by atoms with Crippen LogP contribution in [-0.4, -0.2) is 22.1 Å². The molecule has 3 rings (SSSR count). The normalized spacial score (nSPS) is 13.8. The van der Waals surface area contributed by atoms with Crippen molar-refractivity contribution in [2.45, 2.75) is 25.3 Å². The molecule has 6 nitrogen and oxygen atoms in total. The van der Waals surface area contributed by atoms with Crippen molar-refractivity contribution in [1.82, 2.24) is 15.5 Å². The number of carbonyl (C=O) groups excluding carboxylic acids is 1. The van der Waals surface area contributed by atoms with Gasteiger partial charge in [-0.25, -0.2) is 0 Å². The fraction of sp³-hybridized carbons (Fsp3) is 0.286. The molecule has 0 aliphatic heterocycles. The van der Waals surface area contributed by atoms with Crippen LogP contribution in [0.5, 0.6) is 0 Å². The first kappa shape index (κ1) is 12.4. The molecule has 1 amide bonds. The summed E-state index contributed by atoms with van der Waals surface area (Å²) in [6, 6.07) is 9.62. The fourth-order valence-corrected chi connectivity index (χ4v) is 1.87. The van der Waals surface area contributed by atoms with Crippen LogP contribution in [0.1, 0.15) is 29.0 Å². The number of nitrogens with zero attached hydrogens (tertiary/aromatic N) is 3. The maximum absolute atomic E-state index is 11.8. The first-order valence-corrected chi connectivity index (χ1v) is 6.37. The molecule has 0 radical (unpaired) electrons. The molecule has 1 saturated carbocycles. The summed E-state index contributed by atoms with van der Waals surface area (Å²) in [6.45, 7) is 0. The molecule has 0 spiro atoms. The molecule has 20 heavy (non-hydrogen) atoms. The predicted octanol–water partition coefficient (Wildman–Crippen LogP) is 1.69. The number of hydrogen-bond donors (Lipinski definition) is 1. The van der Waals surface area contributed by atoms with Crippen molar-refractivity contribution in [2.75, 3.05) is 0 Å². The number of carbonyl (C=O) groups is 1. The summed E-state index contributed by atoms with van der Waals surface area (Å²) < 4.78 is 5.13. The number of nitriles is 1. The highest BCUT2D eigenvalue weighted by Crippen LogP contribution is 2.23. The Morgan fingerprint density at radius 1 is 1.45 bits per heavy atom. The Morgan fingerprint density at radius 3 is 3.00 bits per heavy atom. The topological polar surface area (TPSA) is 91.8 Å². The summed E-state index contributed by atoms with van der Waals surface area (Å²) in [6.07, 6.45) is 2.26. The third-order valence-electron chi connectivity index (χ3n) is 3.06. The van der Waals surface area contributed by atoms with Gasteiger partial charge in [-0.1, -0.05) is 23.4 Å². The van der Waals surface area contributed by atoms with E-state index >= 15 is 0 Å². The lowest BCUT2D eigenvalue weighted by molar-refractivity contribution is 0.0937. The number of benzene rings is 1. The molecule has 100 valence electrons. The highest BCUT2D eigenvalue weighted by atomic mass is 16.5. The third-order valence-corrected chi connectivity index (χ3v) is 3.06. The molecule has 2 aromatic rings. The van der Waals surface area contributed by atoms with E-state index in [9.17, 15) is 4.79 Å². The Kier molecular flexibility index (Phi) is 3.17. The maximum atomic E-state index is 11.8. The van der Waals surface area contributed by atoms with E-state index in [1.165, 1.54) is 0 Å². The Morgan fingerprint density at radius 2 is 2.25 bits per heavy atom. The van der Waals surface area contributed by atoms with Crippen LogP contribution < -0.4 is 5.32 Å². The monoisotopic (exact) mass is 268 g/mol. The van der Waals surface area contributed by atoms with Gasteiger partial charge in [-0.15, -0.1) is 0 Å². The molecule has 0 unspecified atom stereocenters. The molecule has 1 aliphatic rings. The zero-order chi connectivity index (χ0) is 13.9. The van der Waals surface area contributed by atoms with Gasteiger partial charge in [-0.05, 0) is 24.5 Å². The van der Waals surface area contributed by atoms with Crippen molar-refractivity contribution in [1.29, 1.82) is 5.26 Å². The molecule has 1 heterocycles. The van der Waals surface area contributed by atoms with Gasteiger partial charge in [0.15, 0.2) is 0 Å². The second kappa shape index (κ2) is 5.13. The van der Waals surface area contributed by atoms with E-state index in [1.54, 1.807) is 6.07 Å². The summed E-state index contributed by atoms with van der Waals surface area (Å²) in [5, 5.41) is 15.3. The number of aromatic nitrogens is 2. The van der Waals surface area contributed by atoms with Crippen LogP contribution in [-0.2, 0) is 6.42 Å². The van der Waals surface area contributed by atoms with Crippen LogP contribution in [0.4, 0.5) is 0 Å². The van der Waals surface area contributed by atoms with Crippen molar-refractivity contribution in [3.8, 4) is 17.5 Å². The van der Waals surface area contributed by atoms with Crippen molar-refractivity contribution in [2.24, 2.45) is 0 Å². The second-order valence-electron chi connectivity index (χ2n) is 4.66. The quantitative estimate of drug-likeness (QED) is 0.911. The van der Waals surface area contributed by atoms with Crippen LogP contribution >= 0.6 is 0 Å². The van der Waals surface area contributed by atoms with E-state index in [-0.39, 0.29) is 30.1 Å². The minimum absolute atomic E-state index is 0.0265. The molecule has 0 bridgehead atoms. The van der Waals surface area contributed by atoms with E-state index in [1.807, 2.05) is 18.2 Å². The zero-order valence-electron chi connectivity index (χ0n) is 10.7. The summed E-state index contributed by atoms with van der Waals surface area (Å²) >= 11 is 0. The summed E-state index contributed by atoms with van der Waals surface area (Å²) in [7, 11) is 0. The Balaban J connectivity index is 1.86. The zero-order valence-corrected chi connectivity index (χ0v) is 10.7. The first-order chi connectivity index (χ1) is 9.78. The second-order valence-corrected chi connectivity index (χ2v) is 4.66. The molecule has 1 aromatic carbocycles. The third kappa shape index (κ3) is 2.52. The molecule has 6 heteroatoms. The van der Waals surface area contributed by atoms with Gasteiger partial charge in [0.05, 0.1) is 12.5 Å². The fourth-order valence-electron chi connectivity index (χ4n) is 1.87. The largest absolute Gasteiger partial charge is 0.346 e. The summed E-state index contributed by atoms with van der Waals surface area (Å²) in [4.78, 5) is 15.9. The van der Waals surface area contributed by atoms with Gasteiger partial charge in [0.1, 0.15) is 0 Å². The van der Waals surface area contributed by atoms with Crippen LogP contribution in [0.3, 0.4) is 0 Å². The molecule has 0 atom stereocenters. The van der Waals surface area contributed by atoms with E-state index in [2.05, 4.69) is 21.5 Å². The highest BCUT2D eigenvalue weighted by Gasteiger charge is 2.26. The Labute approximate surface area is 115 Å². The molecular formula is C14H12N4O2. The number of rotatable bonds is 4. The lowest BCUT2D eigenvalue weighted by atomic mass is 10.1. The molecule has 1 N–H and O–H groups in total. The Bertz CT molecular complexity index is 682. The maximum Gasteiger partial charge on any atom is 0.292 e. The minimum Gasteiger partial charge on any atom is -0.346 e. The van der Waals surface area contributed by atoms with E-state index in [0.717, 1.165) is 18.4 Å². The average Bonchev–Trinajstić information content (AvgIpc) is 3.13. The van der Waals surface area contributed by atoms with Crippen molar-refractivity contribution in [3.05, 3.63) is 35.7 Å². The van der Waals surface area contributed by atoms with Crippen molar-refractivity contribution < 1.29 is 9.32 Å². The van der Waals surface area contributed by atoms with Gasteiger partial charge in [-0.2, -0.15) is 10.2 Å². The summed E-state index contributed by atoms with van der Waals surface area (Å²) in [5.74, 6) is -0.0317. The van der Waals surface area contributed by atoms with E-state index < -0.39 is 0 Å². The van der Waals surface area contributed by atoms with Gasteiger partial charge < -0.3 is 9.84 Å². The smallest absolute Gasteiger partial charge is 0.292 e. The number of amides is 1. The first-order valence-electron chi connectivity index (χ1n) is 6.37. The standard InChI is InChI=1S/C14H12N4O2/c15-8-7-9-3-1-2-4-11(9)14-17-12(18-20-14)13(19)16-10-5-6-10/h1-4,10H,5-7H2,(H,16,19). The minimum atomic E-state index is -0.319. The van der Waals surface area contributed by atoms with Crippen LogP contribution in [0.25, 0.3) is 11.5 Å². The van der Waals surface area contributed by atoms with Crippen molar-refractivity contribution >= 4 is 5.91 Å². The number of hydrogen-bond acceptors (Lipinski definition) is 5. The molecular weight excluding hydrogens is 256 g/mol. The van der Waals surface area contributed by atoms with Gasteiger partial charge in [-0.3, -0.25) is 4.79 Å². The average molecular weight is 268 g/mol. The van der Waals surface area contributed by atoms with Crippen molar-refractivity contribution in [3.63, 3.8) is 0 Å². The molecule has 1 fully saturated rings.